The summed E-state index contributed by atoms with van der Waals surface area (Å²) in [7, 11) is 0. The smallest absolute Gasteiger partial charge is 0.225 e. The van der Waals surface area contributed by atoms with Crippen LogP contribution in [0.1, 0.15) is 11.3 Å². The number of anilines is 1. The number of aliphatic imine (C=N–C) groups is 1. The summed E-state index contributed by atoms with van der Waals surface area (Å²) in [6.45, 7) is 6.17. The van der Waals surface area contributed by atoms with Gasteiger partial charge in [0.2, 0.25) is 5.95 Å². The van der Waals surface area contributed by atoms with Crippen LogP contribution in [0.3, 0.4) is 0 Å². The first-order valence-corrected chi connectivity index (χ1v) is 9.35. The lowest BCUT2D eigenvalue weighted by Crippen LogP contribution is -2.51. The van der Waals surface area contributed by atoms with Crippen LogP contribution in [0, 0.1) is 6.92 Å². The van der Waals surface area contributed by atoms with E-state index in [0.29, 0.717) is 12.5 Å². The molecule has 0 spiro atoms. The molecule has 7 nitrogen and oxygen atoms in total. The van der Waals surface area contributed by atoms with Crippen LogP contribution < -0.4 is 10.6 Å². The summed E-state index contributed by atoms with van der Waals surface area (Å²) >= 11 is 0. The van der Waals surface area contributed by atoms with Crippen molar-refractivity contribution in [2.24, 2.45) is 10.7 Å². The fourth-order valence-corrected chi connectivity index (χ4v) is 3.63. The number of nitrogens with one attached hydrogen (secondary N) is 1. The summed E-state index contributed by atoms with van der Waals surface area (Å²) in [5.74, 6) is 1.41. The highest BCUT2D eigenvalue weighted by molar-refractivity contribution is 5.84. The van der Waals surface area contributed by atoms with Gasteiger partial charge >= 0.3 is 0 Å². The lowest BCUT2D eigenvalue weighted by Gasteiger charge is -2.35. The Hall–Kier alpha value is -3.09. The predicted octanol–water partition coefficient (Wildman–Crippen LogP) is 1.95. The fourth-order valence-electron chi connectivity index (χ4n) is 3.63. The molecule has 0 saturated carbocycles. The first-order chi connectivity index (χ1) is 13.2. The second-order valence-corrected chi connectivity index (χ2v) is 6.79. The molecule has 0 unspecified atom stereocenters. The lowest BCUT2D eigenvalue weighted by atomic mass is 10.1. The topological polar surface area (TPSA) is 86.4 Å². The molecule has 1 fully saturated rings. The zero-order valence-corrected chi connectivity index (χ0v) is 15.6. The average molecular weight is 363 g/mol. The van der Waals surface area contributed by atoms with Crippen LogP contribution in [0.5, 0.6) is 0 Å². The standard InChI is InChI=1S/C20H25N7/c1-15-16(17-5-2-3-6-18(17)25-15)7-10-22-19(21)26-11-13-27(14-12-26)20-23-8-4-9-24-20/h2-6,8-9,25H,7,10-14H2,1H3,(H2,21,22). The average Bonchev–Trinajstić information content (AvgIpc) is 3.04. The Labute approximate surface area is 158 Å². The van der Waals surface area contributed by atoms with Crippen molar-refractivity contribution >= 4 is 22.8 Å². The Kier molecular flexibility index (Phi) is 4.91. The molecular formula is C20H25N7. The summed E-state index contributed by atoms with van der Waals surface area (Å²) in [4.78, 5) is 21.0. The Balaban J connectivity index is 1.34. The molecule has 0 aliphatic carbocycles. The van der Waals surface area contributed by atoms with Crippen LogP contribution in [-0.2, 0) is 6.42 Å². The van der Waals surface area contributed by atoms with Gasteiger partial charge in [-0.05, 0) is 31.0 Å². The molecule has 7 heteroatoms. The first-order valence-electron chi connectivity index (χ1n) is 9.35. The molecule has 4 rings (SSSR count). The van der Waals surface area contributed by atoms with E-state index >= 15 is 0 Å². The van der Waals surface area contributed by atoms with Gasteiger partial charge in [-0.15, -0.1) is 0 Å². The number of benzene rings is 1. The van der Waals surface area contributed by atoms with Gasteiger partial charge in [0.05, 0.1) is 0 Å². The van der Waals surface area contributed by atoms with E-state index in [0.717, 1.165) is 38.5 Å². The Morgan fingerprint density at radius 3 is 2.63 bits per heavy atom. The van der Waals surface area contributed by atoms with Gasteiger partial charge in [-0.1, -0.05) is 18.2 Å². The quantitative estimate of drug-likeness (QED) is 0.546. The number of H-pyrrole nitrogens is 1. The fraction of sp³-hybridized carbons (Fsp3) is 0.350. The molecule has 3 N–H and O–H groups in total. The van der Waals surface area contributed by atoms with Crippen LogP contribution >= 0.6 is 0 Å². The lowest BCUT2D eigenvalue weighted by molar-refractivity contribution is 0.378. The SMILES string of the molecule is Cc1[nH]c2ccccc2c1CCN=C(N)N1CCN(c2ncccn2)CC1. The van der Waals surface area contributed by atoms with E-state index < -0.39 is 0 Å². The van der Waals surface area contributed by atoms with Gasteiger partial charge in [0.1, 0.15) is 0 Å². The molecule has 3 aromatic rings. The van der Waals surface area contributed by atoms with E-state index in [9.17, 15) is 0 Å². The number of nitrogens with zero attached hydrogens (tertiary/aromatic N) is 5. The second-order valence-electron chi connectivity index (χ2n) is 6.79. The molecule has 1 saturated heterocycles. The van der Waals surface area contributed by atoms with Crippen molar-refractivity contribution in [1.82, 2.24) is 19.9 Å². The maximum absolute atomic E-state index is 6.24. The molecule has 0 amide bonds. The molecule has 0 radical (unpaired) electrons. The number of hydrogen-bond donors (Lipinski definition) is 2. The number of rotatable bonds is 4. The van der Waals surface area contributed by atoms with E-state index in [1.165, 1.54) is 22.2 Å². The summed E-state index contributed by atoms with van der Waals surface area (Å²) in [5, 5.41) is 1.28. The summed E-state index contributed by atoms with van der Waals surface area (Å²) in [6.07, 6.45) is 4.43. The molecule has 140 valence electrons. The van der Waals surface area contributed by atoms with Gasteiger partial charge in [0.15, 0.2) is 5.96 Å². The molecule has 27 heavy (non-hydrogen) atoms. The zero-order chi connectivity index (χ0) is 18.6. The molecule has 1 aliphatic heterocycles. The van der Waals surface area contributed by atoms with Crippen molar-refractivity contribution in [3.05, 3.63) is 54.0 Å². The van der Waals surface area contributed by atoms with Gasteiger partial charge in [-0.3, -0.25) is 4.99 Å². The molecule has 2 aromatic heterocycles. The molecule has 3 heterocycles. The number of aromatic nitrogens is 3. The monoisotopic (exact) mass is 363 g/mol. The van der Waals surface area contributed by atoms with Gasteiger partial charge in [0.25, 0.3) is 0 Å². The predicted molar refractivity (Wildman–Crippen MR) is 109 cm³/mol. The molecule has 1 aliphatic rings. The molecular weight excluding hydrogens is 338 g/mol. The largest absolute Gasteiger partial charge is 0.370 e. The maximum atomic E-state index is 6.24. The van der Waals surface area contributed by atoms with Gasteiger partial charge in [0, 0.05) is 61.7 Å². The Morgan fingerprint density at radius 2 is 1.85 bits per heavy atom. The summed E-state index contributed by atoms with van der Waals surface area (Å²) in [5.41, 5.74) is 9.96. The van der Waals surface area contributed by atoms with E-state index in [1.54, 1.807) is 12.4 Å². The van der Waals surface area contributed by atoms with Crippen molar-refractivity contribution in [2.45, 2.75) is 13.3 Å². The van der Waals surface area contributed by atoms with E-state index in [4.69, 9.17) is 5.73 Å². The van der Waals surface area contributed by atoms with Crippen molar-refractivity contribution in [3.63, 3.8) is 0 Å². The number of piperazine rings is 1. The minimum atomic E-state index is 0.626. The van der Waals surface area contributed by atoms with E-state index in [1.807, 2.05) is 6.07 Å². The van der Waals surface area contributed by atoms with Crippen LogP contribution in [0.15, 0.2) is 47.7 Å². The summed E-state index contributed by atoms with van der Waals surface area (Å²) in [6, 6.07) is 10.2. The second kappa shape index (κ2) is 7.65. The highest BCUT2D eigenvalue weighted by Crippen LogP contribution is 2.22. The van der Waals surface area contributed by atoms with Gasteiger partial charge in [-0.2, -0.15) is 0 Å². The highest BCUT2D eigenvalue weighted by Gasteiger charge is 2.19. The number of aryl methyl sites for hydroxylation is 1. The molecule has 1 aromatic carbocycles. The molecule has 0 atom stereocenters. The van der Waals surface area contributed by atoms with Gasteiger partial charge in [-0.25, -0.2) is 9.97 Å². The van der Waals surface area contributed by atoms with Crippen LogP contribution in [0.25, 0.3) is 10.9 Å². The number of nitrogens with two attached hydrogens (primary N) is 1. The number of para-hydroxylation sites is 1. The number of fused-ring (bicyclic) bond motifs is 1. The van der Waals surface area contributed by atoms with E-state index in [2.05, 4.69) is 60.9 Å². The third-order valence-corrected chi connectivity index (χ3v) is 5.10. The third kappa shape index (κ3) is 3.72. The Bertz CT molecular complexity index is 924. The van der Waals surface area contributed by atoms with Crippen LogP contribution in [0.2, 0.25) is 0 Å². The van der Waals surface area contributed by atoms with Crippen LogP contribution in [-0.4, -0.2) is 58.5 Å². The number of aromatic amines is 1. The first kappa shape index (κ1) is 17.3. The number of guanidine groups is 1. The minimum absolute atomic E-state index is 0.626. The van der Waals surface area contributed by atoms with Gasteiger partial charge < -0.3 is 20.5 Å². The van der Waals surface area contributed by atoms with Crippen molar-refractivity contribution in [1.29, 1.82) is 0 Å². The van der Waals surface area contributed by atoms with E-state index in [-0.39, 0.29) is 0 Å². The Morgan fingerprint density at radius 1 is 1.11 bits per heavy atom. The highest BCUT2D eigenvalue weighted by atomic mass is 15.3. The maximum Gasteiger partial charge on any atom is 0.225 e. The third-order valence-electron chi connectivity index (χ3n) is 5.10. The van der Waals surface area contributed by atoms with Crippen LogP contribution in [0.4, 0.5) is 5.95 Å². The van der Waals surface area contributed by atoms with Crippen molar-refractivity contribution in [3.8, 4) is 0 Å². The number of hydrogen-bond acceptors (Lipinski definition) is 4. The minimum Gasteiger partial charge on any atom is -0.370 e. The van der Waals surface area contributed by atoms with Crippen molar-refractivity contribution < 1.29 is 0 Å². The normalized spacial score (nSPS) is 15.5. The van der Waals surface area contributed by atoms with Crippen molar-refractivity contribution in [2.75, 3.05) is 37.6 Å². The zero-order valence-electron chi connectivity index (χ0n) is 15.6. The molecule has 0 bridgehead atoms. The summed E-state index contributed by atoms with van der Waals surface area (Å²) < 4.78 is 0.